The van der Waals surface area contributed by atoms with Crippen LogP contribution in [0.15, 0.2) is 83.8 Å². The van der Waals surface area contributed by atoms with E-state index in [9.17, 15) is 18.0 Å². The van der Waals surface area contributed by atoms with Gasteiger partial charge in [-0.15, -0.1) is 0 Å². The van der Waals surface area contributed by atoms with E-state index in [1.165, 1.54) is 4.31 Å². The first-order valence-corrected chi connectivity index (χ1v) is 15.8. The lowest BCUT2D eigenvalue weighted by Gasteiger charge is -2.33. The number of amides is 2. The molecule has 2 amide bonds. The highest BCUT2D eigenvalue weighted by Gasteiger charge is 2.34. The van der Waals surface area contributed by atoms with Crippen LogP contribution in [-0.2, 0) is 32.5 Å². The number of benzene rings is 3. The zero-order valence-corrected chi connectivity index (χ0v) is 25.7. The zero-order chi connectivity index (χ0) is 30.0. The molecule has 0 spiro atoms. The molecule has 41 heavy (non-hydrogen) atoms. The highest BCUT2D eigenvalue weighted by Crippen LogP contribution is 2.28. The molecule has 3 rings (SSSR count). The van der Waals surface area contributed by atoms with Gasteiger partial charge < -0.3 is 10.2 Å². The number of hydrogen-bond acceptors (Lipinski definition) is 4. The van der Waals surface area contributed by atoms with Crippen molar-refractivity contribution in [1.29, 1.82) is 0 Å². The number of anilines is 1. The summed E-state index contributed by atoms with van der Waals surface area (Å²) < 4.78 is 29.4. The Hall–Kier alpha value is -3.65. The minimum absolute atomic E-state index is 0.111. The van der Waals surface area contributed by atoms with E-state index < -0.39 is 28.5 Å². The molecule has 3 aromatic rings. The fraction of sp³-hybridized carbons (Fsp3) is 0.394. The maximum Gasteiger partial charge on any atom is 0.264 e. The normalized spacial score (nSPS) is 12.1. The van der Waals surface area contributed by atoms with Gasteiger partial charge in [0.25, 0.3) is 10.0 Å². The quantitative estimate of drug-likeness (QED) is 0.279. The highest BCUT2D eigenvalue weighted by molar-refractivity contribution is 7.92. The van der Waals surface area contributed by atoms with Crippen molar-refractivity contribution in [3.63, 3.8) is 0 Å². The van der Waals surface area contributed by atoms with Crippen LogP contribution in [0.2, 0.25) is 0 Å². The van der Waals surface area contributed by atoms with Crippen LogP contribution in [0.1, 0.15) is 50.8 Å². The van der Waals surface area contributed by atoms with Crippen LogP contribution in [0.5, 0.6) is 0 Å². The van der Waals surface area contributed by atoms with E-state index in [1.54, 1.807) is 41.3 Å². The van der Waals surface area contributed by atoms with Crippen molar-refractivity contribution in [2.24, 2.45) is 5.92 Å². The molecule has 1 atom stereocenters. The molecule has 0 aromatic heterocycles. The minimum Gasteiger partial charge on any atom is -0.354 e. The summed E-state index contributed by atoms with van der Waals surface area (Å²) >= 11 is 0. The highest BCUT2D eigenvalue weighted by atomic mass is 32.2. The summed E-state index contributed by atoms with van der Waals surface area (Å²) in [6.45, 7) is 10.1. The topological polar surface area (TPSA) is 86.8 Å². The Morgan fingerprint density at radius 2 is 1.51 bits per heavy atom. The Bertz CT molecular complexity index is 1390. The Morgan fingerprint density at radius 3 is 2.12 bits per heavy atom. The number of hydrogen-bond donors (Lipinski definition) is 1. The Balaban J connectivity index is 2.03. The first-order chi connectivity index (χ1) is 19.6. The first-order valence-electron chi connectivity index (χ1n) is 14.4. The van der Waals surface area contributed by atoms with Crippen LogP contribution in [-0.4, -0.2) is 50.8 Å². The van der Waals surface area contributed by atoms with Crippen molar-refractivity contribution in [1.82, 2.24) is 10.2 Å². The van der Waals surface area contributed by atoms with Crippen LogP contribution in [0.3, 0.4) is 0 Å². The largest absolute Gasteiger partial charge is 0.354 e. The number of rotatable bonds is 14. The molecular weight excluding hydrogens is 534 g/mol. The third kappa shape index (κ3) is 8.43. The molecule has 0 aliphatic heterocycles. The van der Waals surface area contributed by atoms with Gasteiger partial charge in [-0.3, -0.25) is 13.9 Å². The minimum atomic E-state index is -4.09. The number of carbonyl (C=O) groups excluding carboxylic acids is 2. The number of aryl methyl sites for hydroxylation is 2. The molecule has 1 N–H and O–H groups in total. The van der Waals surface area contributed by atoms with Gasteiger partial charge in [-0.25, -0.2) is 8.42 Å². The van der Waals surface area contributed by atoms with E-state index in [4.69, 9.17) is 0 Å². The van der Waals surface area contributed by atoms with Crippen molar-refractivity contribution < 1.29 is 18.0 Å². The van der Waals surface area contributed by atoms with Crippen LogP contribution in [0.4, 0.5) is 5.69 Å². The second-order valence-electron chi connectivity index (χ2n) is 10.7. The molecular formula is C33H43N3O4S. The van der Waals surface area contributed by atoms with Gasteiger partial charge in [0.15, 0.2) is 0 Å². The summed E-state index contributed by atoms with van der Waals surface area (Å²) in [4.78, 5) is 29.1. The van der Waals surface area contributed by atoms with Crippen LogP contribution in [0, 0.1) is 12.8 Å². The number of nitrogens with zero attached hydrogens (tertiary/aromatic N) is 2. The molecule has 0 bridgehead atoms. The summed E-state index contributed by atoms with van der Waals surface area (Å²) in [7, 11) is -4.09. The molecule has 3 aromatic carbocycles. The van der Waals surface area contributed by atoms with E-state index in [1.807, 2.05) is 77.1 Å². The monoisotopic (exact) mass is 577 g/mol. The van der Waals surface area contributed by atoms with E-state index in [2.05, 4.69) is 5.32 Å². The van der Waals surface area contributed by atoms with Gasteiger partial charge in [0.1, 0.15) is 12.6 Å². The average Bonchev–Trinajstić information content (AvgIpc) is 2.97. The Kier molecular flexibility index (Phi) is 11.5. The van der Waals surface area contributed by atoms with E-state index in [0.29, 0.717) is 31.5 Å². The smallest absolute Gasteiger partial charge is 0.264 e. The van der Waals surface area contributed by atoms with Crippen molar-refractivity contribution in [3.05, 3.63) is 95.6 Å². The summed E-state index contributed by atoms with van der Waals surface area (Å²) in [6.07, 6.45) is 1.54. The fourth-order valence-electron chi connectivity index (χ4n) is 4.72. The van der Waals surface area contributed by atoms with Crippen molar-refractivity contribution in [2.75, 3.05) is 23.9 Å². The lowest BCUT2D eigenvalue weighted by atomic mass is 10.1. The maximum atomic E-state index is 14.2. The average molecular weight is 578 g/mol. The van der Waals surface area contributed by atoms with Gasteiger partial charge >= 0.3 is 0 Å². The SMILES string of the molecule is CCc1ccccc1N(CC(=O)N(CCc1ccccc1)[C@H](CC)C(=O)NCC(C)C)S(=O)(=O)c1ccc(C)cc1. The summed E-state index contributed by atoms with van der Waals surface area (Å²) in [5.74, 6) is -0.399. The molecule has 0 saturated heterocycles. The van der Waals surface area contributed by atoms with E-state index >= 15 is 0 Å². The summed E-state index contributed by atoms with van der Waals surface area (Å²) in [5, 5.41) is 2.97. The maximum absolute atomic E-state index is 14.2. The number of sulfonamides is 1. The predicted octanol–water partition coefficient (Wildman–Crippen LogP) is 5.37. The predicted molar refractivity (Wildman–Crippen MR) is 165 cm³/mol. The second kappa shape index (κ2) is 14.8. The third-order valence-electron chi connectivity index (χ3n) is 7.08. The van der Waals surface area contributed by atoms with Crippen LogP contribution < -0.4 is 9.62 Å². The third-order valence-corrected chi connectivity index (χ3v) is 8.86. The lowest BCUT2D eigenvalue weighted by Crippen LogP contribution is -2.53. The van der Waals surface area contributed by atoms with Gasteiger partial charge in [-0.1, -0.05) is 93.9 Å². The molecule has 0 radical (unpaired) electrons. The molecule has 0 saturated carbocycles. The number of para-hydroxylation sites is 1. The molecule has 0 aliphatic carbocycles. The number of nitrogens with one attached hydrogen (secondary N) is 1. The standard InChI is InChI=1S/C33H43N3O4S/c1-6-28-15-11-12-16-31(28)36(41(39,40)29-19-17-26(5)18-20-29)24-32(37)35(22-21-27-13-9-8-10-14-27)30(7-2)33(38)34-23-25(3)4/h8-20,25,30H,6-7,21-24H2,1-5H3,(H,34,38)/t30-/m1/s1. The molecule has 0 unspecified atom stereocenters. The van der Waals surface area contributed by atoms with Crippen molar-refractivity contribution >= 4 is 27.5 Å². The van der Waals surface area contributed by atoms with E-state index in [-0.39, 0.29) is 23.3 Å². The summed E-state index contributed by atoms with van der Waals surface area (Å²) in [5.41, 5.74) is 3.24. The van der Waals surface area contributed by atoms with Gasteiger partial charge in [0.2, 0.25) is 11.8 Å². The van der Waals surface area contributed by atoms with Gasteiger partial charge in [0, 0.05) is 13.1 Å². The van der Waals surface area contributed by atoms with Crippen LogP contribution >= 0.6 is 0 Å². The molecule has 8 heteroatoms. The molecule has 0 aliphatic rings. The first kappa shape index (κ1) is 31.9. The summed E-state index contributed by atoms with van der Waals surface area (Å²) in [6, 6.07) is 22.9. The van der Waals surface area contributed by atoms with Gasteiger partial charge in [-0.05, 0) is 61.4 Å². The second-order valence-corrected chi connectivity index (χ2v) is 12.6. The van der Waals surface area contributed by atoms with Gasteiger partial charge in [0.05, 0.1) is 10.6 Å². The molecule has 0 heterocycles. The fourth-order valence-corrected chi connectivity index (χ4v) is 6.17. The lowest BCUT2D eigenvalue weighted by molar-refractivity contribution is -0.139. The van der Waals surface area contributed by atoms with Crippen molar-refractivity contribution in [3.8, 4) is 0 Å². The molecule has 7 nitrogen and oxygen atoms in total. The van der Waals surface area contributed by atoms with E-state index in [0.717, 1.165) is 16.7 Å². The Labute approximate surface area is 245 Å². The van der Waals surface area contributed by atoms with Gasteiger partial charge in [-0.2, -0.15) is 0 Å². The van der Waals surface area contributed by atoms with Crippen LogP contribution in [0.25, 0.3) is 0 Å². The number of carbonyl (C=O) groups is 2. The molecule has 0 fully saturated rings. The zero-order valence-electron chi connectivity index (χ0n) is 24.8. The Morgan fingerprint density at radius 1 is 0.878 bits per heavy atom. The van der Waals surface area contributed by atoms with Crippen molar-refractivity contribution in [2.45, 2.75) is 64.8 Å². The molecule has 220 valence electrons.